The average Bonchev–Trinajstić information content (AvgIpc) is 2.80. The van der Waals surface area contributed by atoms with Crippen molar-refractivity contribution in [3.63, 3.8) is 0 Å². The lowest BCUT2D eigenvalue weighted by Gasteiger charge is -2.39. The maximum atomic E-state index is 12.4. The van der Waals surface area contributed by atoms with Gasteiger partial charge in [-0.3, -0.25) is 9.69 Å². The van der Waals surface area contributed by atoms with E-state index in [0.29, 0.717) is 24.6 Å². The van der Waals surface area contributed by atoms with Crippen LogP contribution in [0.3, 0.4) is 0 Å². The Morgan fingerprint density at radius 2 is 2.00 bits per heavy atom. The van der Waals surface area contributed by atoms with Gasteiger partial charge in [-0.25, -0.2) is 4.79 Å². The molecule has 2 aliphatic rings. The standard InChI is InChI=1S/C18H24N2O4/c1-20-13-6-7-14(20)16(15(21)10-13)18(23)24-17(22)12-4-2-11(3-5-12)8-9-19/h2-5,13-16,21H,6-10,19H2,1H3/t13-,14+,15-,16+/m0/s1. The molecule has 0 aliphatic carbocycles. The van der Waals surface area contributed by atoms with Gasteiger partial charge in [0.2, 0.25) is 0 Å². The van der Waals surface area contributed by atoms with Gasteiger partial charge in [0.15, 0.2) is 0 Å². The highest BCUT2D eigenvalue weighted by molar-refractivity contribution is 5.97. The number of nitrogens with zero attached hydrogens (tertiary/aromatic N) is 1. The van der Waals surface area contributed by atoms with Crippen LogP contribution >= 0.6 is 0 Å². The van der Waals surface area contributed by atoms with E-state index < -0.39 is 24.0 Å². The van der Waals surface area contributed by atoms with Crippen LogP contribution in [0, 0.1) is 5.92 Å². The number of hydrogen-bond donors (Lipinski definition) is 2. The summed E-state index contributed by atoms with van der Waals surface area (Å²) in [6.45, 7) is 0.539. The molecular formula is C18H24N2O4. The first-order valence-electron chi connectivity index (χ1n) is 8.46. The zero-order chi connectivity index (χ0) is 17.3. The van der Waals surface area contributed by atoms with E-state index in [9.17, 15) is 14.7 Å². The lowest BCUT2D eigenvalue weighted by atomic mass is 9.88. The zero-order valence-corrected chi connectivity index (χ0v) is 13.9. The monoisotopic (exact) mass is 332 g/mol. The minimum Gasteiger partial charge on any atom is -0.392 e. The summed E-state index contributed by atoms with van der Waals surface area (Å²) in [5, 5.41) is 10.3. The van der Waals surface area contributed by atoms with E-state index >= 15 is 0 Å². The fourth-order valence-corrected chi connectivity index (χ4v) is 3.95. The number of benzene rings is 1. The summed E-state index contributed by atoms with van der Waals surface area (Å²) in [7, 11) is 1.96. The molecule has 3 rings (SSSR count). The number of aliphatic hydroxyl groups is 1. The number of piperidine rings is 1. The van der Waals surface area contributed by atoms with Crippen molar-refractivity contribution < 1.29 is 19.4 Å². The second-order valence-corrected chi connectivity index (χ2v) is 6.74. The maximum Gasteiger partial charge on any atom is 0.345 e. The van der Waals surface area contributed by atoms with Crippen LogP contribution in [-0.2, 0) is 16.0 Å². The molecule has 0 spiro atoms. The first-order chi connectivity index (χ1) is 11.5. The minimum atomic E-state index is -0.745. The second kappa shape index (κ2) is 7.01. The molecule has 24 heavy (non-hydrogen) atoms. The van der Waals surface area contributed by atoms with Gasteiger partial charge < -0.3 is 15.6 Å². The molecule has 2 fully saturated rings. The third-order valence-electron chi connectivity index (χ3n) is 5.33. The summed E-state index contributed by atoms with van der Waals surface area (Å²) in [4.78, 5) is 26.8. The highest BCUT2D eigenvalue weighted by atomic mass is 16.6. The van der Waals surface area contributed by atoms with E-state index in [-0.39, 0.29) is 6.04 Å². The Morgan fingerprint density at radius 1 is 1.29 bits per heavy atom. The first-order valence-corrected chi connectivity index (χ1v) is 8.46. The molecule has 4 atom stereocenters. The summed E-state index contributed by atoms with van der Waals surface area (Å²) in [5.41, 5.74) is 6.85. The van der Waals surface area contributed by atoms with E-state index in [1.54, 1.807) is 24.3 Å². The quantitative estimate of drug-likeness (QED) is 0.623. The summed E-state index contributed by atoms with van der Waals surface area (Å²) in [5.74, 6) is -1.96. The highest BCUT2D eigenvalue weighted by Crippen LogP contribution is 2.38. The molecule has 0 radical (unpaired) electrons. The molecule has 2 saturated heterocycles. The predicted molar refractivity (Wildman–Crippen MR) is 88.3 cm³/mol. The van der Waals surface area contributed by atoms with Gasteiger partial charge in [0.25, 0.3) is 0 Å². The number of esters is 2. The molecule has 130 valence electrons. The topological polar surface area (TPSA) is 92.9 Å². The van der Waals surface area contributed by atoms with E-state index in [1.807, 2.05) is 7.05 Å². The van der Waals surface area contributed by atoms with Crippen LogP contribution in [0.1, 0.15) is 35.2 Å². The van der Waals surface area contributed by atoms with Crippen molar-refractivity contribution in [1.82, 2.24) is 4.90 Å². The van der Waals surface area contributed by atoms with Gasteiger partial charge in [0.05, 0.1) is 17.6 Å². The van der Waals surface area contributed by atoms with E-state index in [4.69, 9.17) is 10.5 Å². The Kier molecular flexibility index (Phi) is 4.99. The van der Waals surface area contributed by atoms with Gasteiger partial charge >= 0.3 is 11.9 Å². The normalized spacial score (nSPS) is 29.5. The van der Waals surface area contributed by atoms with Crippen LogP contribution in [0.5, 0.6) is 0 Å². The fraction of sp³-hybridized carbons (Fsp3) is 0.556. The molecule has 2 aliphatic heterocycles. The lowest BCUT2D eigenvalue weighted by molar-refractivity contribution is -0.152. The molecule has 0 unspecified atom stereocenters. The third kappa shape index (κ3) is 3.22. The Labute approximate surface area is 141 Å². The number of carbonyl (C=O) groups is 2. The highest BCUT2D eigenvalue weighted by Gasteiger charge is 2.49. The Bertz CT molecular complexity index is 616. The maximum absolute atomic E-state index is 12.4. The van der Waals surface area contributed by atoms with Gasteiger partial charge in [-0.05, 0) is 57.0 Å². The van der Waals surface area contributed by atoms with Gasteiger partial charge in [0.1, 0.15) is 0 Å². The Hall–Kier alpha value is -1.76. The first kappa shape index (κ1) is 17.1. The summed E-state index contributed by atoms with van der Waals surface area (Å²) >= 11 is 0. The van der Waals surface area contributed by atoms with Crippen molar-refractivity contribution in [3.05, 3.63) is 35.4 Å². The number of ether oxygens (including phenoxy) is 1. The molecule has 1 aromatic rings. The smallest absolute Gasteiger partial charge is 0.345 e. The van der Waals surface area contributed by atoms with Crippen molar-refractivity contribution in [2.24, 2.45) is 11.7 Å². The Balaban J connectivity index is 1.66. The van der Waals surface area contributed by atoms with Crippen molar-refractivity contribution >= 4 is 11.9 Å². The Morgan fingerprint density at radius 3 is 2.67 bits per heavy atom. The summed E-state index contributed by atoms with van der Waals surface area (Å²) < 4.78 is 5.06. The molecule has 0 aromatic heterocycles. The van der Waals surface area contributed by atoms with Gasteiger partial charge in [-0.2, -0.15) is 0 Å². The predicted octanol–water partition coefficient (Wildman–Crippen LogP) is 0.715. The molecule has 3 N–H and O–H groups in total. The van der Waals surface area contributed by atoms with Crippen LogP contribution in [0.15, 0.2) is 24.3 Å². The van der Waals surface area contributed by atoms with Gasteiger partial charge in [-0.15, -0.1) is 0 Å². The third-order valence-corrected chi connectivity index (χ3v) is 5.33. The van der Waals surface area contributed by atoms with Gasteiger partial charge in [-0.1, -0.05) is 12.1 Å². The number of aliphatic hydroxyl groups excluding tert-OH is 1. The van der Waals surface area contributed by atoms with Gasteiger partial charge in [0, 0.05) is 12.1 Å². The van der Waals surface area contributed by atoms with Crippen LogP contribution in [0.25, 0.3) is 0 Å². The number of nitrogens with two attached hydrogens (primary N) is 1. The van der Waals surface area contributed by atoms with Crippen LogP contribution in [0.4, 0.5) is 0 Å². The molecular weight excluding hydrogens is 308 g/mol. The number of carbonyl (C=O) groups excluding carboxylic acids is 2. The van der Waals surface area contributed by atoms with Crippen molar-refractivity contribution in [2.45, 2.75) is 43.9 Å². The molecule has 2 heterocycles. The van der Waals surface area contributed by atoms with E-state index in [1.165, 1.54) is 0 Å². The van der Waals surface area contributed by atoms with Crippen LogP contribution < -0.4 is 5.73 Å². The summed E-state index contributed by atoms with van der Waals surface area (Å²) in [6.07, 6.45) is 2.36. The fourth-order valence-electron chi connectivity index (χ4n) is 3.95. The van der Waals surface area contributed by atoms with E-state index in [0.717, 1.165) is 24.8 Å². The van der Waals surface area contributed by atoms with Crippen LogP contribution in [-0.4, -0.2) is 53.7 Å². The minimum absolute atomic E-state index is 0.0500. The van der Waals surface area contributed by atoms with Crippen LogP contribution in [0.2, 0.25) is 0 Å². The number of hydrogen-bond acceptors (Lipinski definition) is 6. The lowest BCUT2D eigenvalue weighted by Crippen LogP contribution is -2.52. The molecule has 0 saturated carbocycles. The SMILES string of the molecule is CN1[C@H]2CC[C@@H]1[C@@H](C(=O)OC(=O)c1ccc(CCN)cc1)[C@@H](O)C2. The molecule has 0 amide bonds. The number of fused-ring (bicyclic) bond motifs is 2. The zero-order valence-electron chi connectivity index (χ0n) is 13.9. The van der Waals surface area contributed by atoms with Crippen molar-refractivity contribution in [3.8, 4) is 0 Å². The largest absolute Gasteiger partial charge is 0.392 e. The molecule has 1 aromatic carbocycles. The molecule has 6 heteroatoms. The van der Waals surface area contributed by atoms with Crippen molar-refractivity contribution in [1.29, 1.82) is 0 Å². The van der Waals surface area contributed by atoms with Crippen molar-refractivity contribution in [2.75, 3.05) is 13.6 Å². The summed E-state index contributed by atoms with van der Waals surface area (Å²) in [6, 6.07) is 7.15. The van der Waals surface area contributed by atoms with E-state index in [2.05, 4.69) is 4.90 Å². The molecule has 2 bridgehead atoms. The number of rotatable bonds is 4. The molecule has 6 nitrogen and oxygen atoms in total. The second-order valence-electron chi connectivity index (χ2n) is 6.74. The average molecular weight is 332 g/mol.